The number of aromatic nitrogens is 2. The highest BCUT2D eigenvalue weighted by molar-refractivity contribution is 5.89. The summed E-state index contributed by atoms with van der Waals surface area (Å²) in [5.74, 6) is 0.254. The van der Waals surface area contributed by atoms with Gasteiger partial charge in [0.15, 0.2) is 0 Å². The molecule has 0 aliphatic heterocycles. The molecule has 0 atom stereocenters. The highest BCUT2D eigenvalue weighted by Gasteiger charge is 2.15. The zero-order valence-corrected chi connectivity index (χ0v) is 11.7. The van der Waals surface area contributed by atoms with E-state index in [1.165, 1.54) is 12.1 Å². The lowest BCUT2D eigenvalue weighted by Gasteiger charge is -2.02. The van der Waals surface area contributed by atoms with Gasteiger partial charge >= 0.3 is 5.97 Å². The molecular weight excluding hydrogens is 284 g/mol. The van der Waals surface area contributed by atoms with Crippen molar-refractivity contribution >= 4 is 5.97 Å². The summed E-state index contributed by atoms with van der Waals surface area (Å²) in [6.45, 7) is 0. The van der Waals surface area contributed by atoms with Crippen LogP contribution in [-0.2, 0) is 0 Å². The first-order chi connectivity index (χ1) is 10.7. The maximum atomic E-state index is 11.0. The summed E-state index contributed by atoms with van der Waals surface area (Å²) < 4.78 is 10.5. The maximum Gasteiger partial charge on any atom is 0.335 e. The van der Waals surface area contributed by atoms with Crippen molar-refractivity contribution in [3.8, 4) is 28.6 Å². The third kappa shape index (κ3) is 2.54. The number of hydrogen-bond donors (Lipinski definition) is 1. The monoisotopic (exact) mass is 296 g/mol. The van der Waals surface area contributed by atoms with Crippen LogP contribution in [0.1, 0.15) is 10.4 Å². The molecule has 0 radical (unpaired) electrons. The number of carbonyl (C=O) groups is 1. The number of carboxylic acids is 1. The van der Waals surface area contributed by atoms with Gasteiger partial charge in [0.1, 0.15) is 5.75 Å². The van der Waals surface area contributed by atoms with E-state index in [1.54, 1.807) is 25.3 Å². The summed E-state index contributed by atoms with van der Waals surface area (Å²) >= 11 is 0. The second-order valence-corrected chi connectivity index (χ2v) is 4.51. The minimum Gasteiger partial charge on any atom is -0.496 e. The molecule has 3 rings (SSSR count). The van der Waals surface area contributed by atoms with E-state index in [2.05, 4.69) is 10.1 Å². The molecule has 0 saturated heterocycles. The van der Waals surface area contributed by atoms with Gasteiger partial charge in [-0.1, -0.05) is 29.4 Å². The molecule has 6 nitrogen and oxygen atoms in total. The Bertz CT molecular complexity index is 826. The molecule has 0 amide bonds. The molecule has 6 heteroatoms. The third-order valence-electron chi connectivity index (χ3n) is 3.13. The van der Waals surface area contributed by atoms with Crippen molar-refractivity contribution in [1.82, 2.24) is 10.1 Å². The molecule has 1 aromatic heterocycles. The van der Waals surface area contributed by atoms with Gasteiger partial charge in [0.25, 0.3) is 5.89 Å². The van der Waals surface area contributed by atoms with E-state index < -0.39 is 5.97 Å². The predicted octanol–water partition coefficient (Wildman–Crippen LogP) is 3.11. The fourth-order valence-electron chi connectivity index (χ4n) is 2.06. The van der Waals surface area contributed by atoms with E-state index in [0.29, 0.717) is 28.6 Å². The molecule has 0 aliphatic carbocycles. The number of aromatic carboxylic acids is 1. The normalized spacial score (nSPS) is 10.4. The topological polar surface area (TPSA) is 85.5 Å². The highest BCUT2D eigenvalue weighted by atomic mass is 16.5. The average molecular weight is 296 g/mol. The standard InChI is InChI=1S/C16H12N2O4/c1-21-13-8-3-2-7-12(13)15-17-14(18-22-15)10-5-4-6-11(9-10)16(19)20/h2-9H,1H3,(H,19,20). The maximum absolute atomic E-state index is 11.0. The summed E-state index contributed by atoms with van der Waals surface area (Å²) in [6, 6.07) is 13.7. The smallest absolute Gasteiger partial charge is 0.335 e. The fourth-order valence-corrected chi connectivity index (χ4v) is 2.06. The average Bonchev–Trinajstić information content (AvgIpc) is 3.04. The number of rotatable bonds is 4. The quantitative estimate of drug-likeness (QED) is 0.796. The molecule has 1 heterocycles. The molecule has 0 spiro atoms. The van der Waals surface area contributed by atoms with Gasteiger partial charge in [-0.15, -0.1) is 0 Å². The lowest BCUT2D eigenvalue weighted by molar-refractivity contribution is 0.0697. The molecule has 0 bridgehead atoms. The molecule has 0 saturated carbocycles. The van der Waals surface area contributed by atoms with Crippen LogP contribution in [0, 0.1) is 0 Å². The minimum atomic E-state index is -1.00. The van der Waals surface area contributed by atoms with Gasteiger partial charge in [-0.2, -0.15) is 4.98 Å². The molecule has 110 valence electrons. The SMILES string of the molecule is COc1ccccc1-c1nc(-c2cccc(C(=O)O)c2)no1. The van der Waals surface area contributed by atoms with Crippen LogP contribution in [0.3, 0.4) is 0 Å². The van der Waals surface area contributed by atoms with Crippen LogP contribution in [0.25, 0.3) is 22.8 Å². The Labute approximate surface area is 126 Å². The number of ether oxygens (including phenoxy) is 1. The first-order valence-electron chi connectivity index (χ1n) is 6.50. The Morgan fingerprint density at radius 3 is 2.77 bits per heavy atom. The first-order valence-corrected chi connectivity index (χ1v) is 6.50. The molecule has 1 N–H and O–H groups in total. The third-order valence-corrected chi connectivity index (χ3v) is 3.13. The van der Waals surface area contributed by atoms with Gasteiger partial charge in [-0.05, 0) is 24.3 Å². The molecule has 22 heavy (non-hydrogen) atoms. The number of hydrogen-bond acceptors (Lipinski definition) is 5. The van der Waals surface area contributed by atoms with Gasteiger partial charge in [0.05, 0.1) is 18.2 Å². The highest BCUT2D eigenvalue weighted by Crippen LogP contribution is 2.29. The van der Waals surface area contributed by atoms with E-state index in [9.17, 15) is 4.79 Å². The van der Waals surface area contributed by atoms with Crippen LogP contribution in [0.15, 0.2) is 53.1 Å². The van der Waals surface area contributed by atoms with Crippen LogP contribution in [-0.4, -0.2) is 28.3 Å². The predicted molar refractivity (Wildman–Crippen MR) is 78.7 cm³/mol. The van der Waals surface area contributed by atoms with E-state index in [4.69, 9.17) is 14.4 Å². The van der Waals surface area contributed by atoms with Crippen LogP contribution in [0.4, 0.5) is 0 Å². The van der Waals surface area contributed by atoms with Crippen molar-refractivity contribution in [3.05, 3.63) is 54.1 Å². The minimum absolute atomic E-state index is 0.168. The number of para-hydroxylation sites is 1. The second kappa shape index (κ2) is 5.69. The van der Waals surface area contributed by atoms with Crippen LogP contribution >= 0.6 is 0 Å². The Balaban J connectivity index is 2.01. The molecule has 2 aromatic carbocycles. The van der Waals surface area contributed by atoms with Gasteiger partial charge in [0.2, 0.25) is 5.82 Å². The van der Waals surface area contributed by atoms with Crippen LogP contribution in [0.2, 0.25) is 0 Å². The Kier molecular flexibility index (Phi) is 3.57. The first kappa shape index (κ1) is 13.8. The van der Waals surface area contributed by atoms with E-state index in [0.717, 1.165) is 0 Å². The van der Waals surface area contributed by atoms with Crippen molar-refractivity contribution < 1.29 is 19.2 Å². The number of nitrogens with zero attached hydrogens (tertiary/aromatic N) is 2. The molecule has 0 aliphatic rings. The molecule has 0 fully saturated rings. The Hall–Kier alpha value is -3.15. The van der Waals surface area contributed by atoms with Gasteiger partial charge < -0.3 is 14.4 Å². The summed E-state index contributed by atoms with van der Waals surface area (Å²) in [5.41, 5.74) is 1.42. The lowest BCUT2D eigenvalue weighted by atomic mass is 10.1. The molecular formula is C16H12N2O4. The fraction of sp³-hybridized carbons (Fsp3) is 0.0625. The van der Waals surface area contributed by atoms with Crippen molar-refractivity contribution in [2.45, 2.75) is 0 Å². The van der Waals surface area contributed by atoms with Crippen molar-refractivity contribution in [1.29, 1.82) is 0 Å². The number of methoxy groups -OCH3 is 1. The van der Waals surface area contributed by atoms with E-state index >= 15 is 0 Å². The second-order valence-electron chi connectivity index (χ2n) is 4.51. The van der Waals surface area contributed by atoms with Crippen molar-refractivity contribution in [2.24, 2.45) is 0 Å². The summed E-state index contributed by atoms with van der Waals surface area (Å²) in [4.78, 5) is 15.3. The molecule has 3 aromatic rings. The molecule has 0 unspecified atom stereocenters. The largest absolute Gasteiger partial charge is 0.496 e. The van der Waals surface area contributed by atoms with Crippen molar-refractivity contribution in [2.75, 3.05) is 7.11 Å². The van der Waals surface area contributed by atoms with Gasteiger partial charge in [-0.25, -0.2) is 4.79 Å². The summed E-state index contributed by atoms with van der Waals surface area (Å²) in [7, 11) is 1.56. The van der Waals surface area contributed by atoms with Crippen LogP contribution < -0.4 is 4.74 Å². The lowest BCUT2D eigenvalue weighted by Crippen LogP contribution is -1.96. The zero-order chi connectivity index (χ0) is 15.5. The van der Waals surface area contributed by atoms with E-state index in [1.807, 2.05) is 18.2 Å². The van der Waals surface area contributed by atoms with Gasteiger partial charge in [-0.3, -0.25) is 0 Å². The summed E-state index contributed by atoms with van der Waals surface area (Å²) in [6.07, 6.45) is 0. The zero-order valence-electron chi connectivity index (χ0n) is 11.7. The summed E-state index contributed by atoms with van der Waals surface area (Å²) in [5, 5.41) is 12.9. The number of carboxylic acid groups (broad SMARTS) is 1. The van der Waals surface area contributed by atoms with Crippen molar-refractivity contribution in [3.63, 3.8) is 0 Å². The van der Waals surface area contributed by atoms with Crippen LogP contribution in [0.5, 0.6) is 5.75 Å². The van der Waals surface area contributed by atoms with E-state index in [-0.39, 0.29) is 5.56 Å². The Morgan fingerprint density at radius 2 is 2.00 bits per heavy atom. The van der Waals surface area contributed by atoms with Gasteiger partial charge in [0, 0.05) is 5.56 Å². The number of benzene rings is 2. The Morgan fingerprint density at radius 1 is 1.18 bits per heavy atom.